The lowest BCUT2D eigenvalue weighted by molar-refractivity contribution is -0.140. The molecule has 5 rings (SSSR count). The first kappa shape index (κ1) is 16.3. The van der Waals surface area contributed by atoms with Gasteiger partial charge in [-0.1, -0.05) is 34.5 Å². The lowest BCUT2D eigenvalue weighted by Crippen LogP contribution is -2.54. The molecule has 2 aromatic carbocycles. The summed E-state index contributed by atoms with van der Waals surface area (Å²) < 4.78 is 20.9. The number of hydrogen-bond acceptors (Lipinski definition) is 3. The summed E-state index contributed by atoms with van der Waals surface area (Å²) in [5.41, 5.74) is 2.84. The summed E-state index contributed by atoms with van der Waals surface area (Å²) in [7, 11) is 0. The lowest BCUT2D eigenvalue weighted by atomic mass is 9.86. The first-order valence-electron chi connectivity index (χ1n) is 9.26. The molecule has 1 atom stereocenters. The molecule has 2 aliphatic heterocycles. The molecule has 0 saturated heterocycles. The van der Waals surface area contributed by atoms with Gasteiger partial charge in [0.25, 0.3) is 0 Å². The molecule has 0 aromatic heterocycles. The number of hydrazone groups is 1. The molecule has 5 heteroatoms. The second-order valence-electron chi connectivity index (χ2n) is 7.41. The van der Waals surface area contributed by atoms with Crippen LogP contribution in [0, 0.1) is 5.82 Å². The van der Waals surface area contributed by atoms with E-state index in [0.29, 0.717) is 0 Å². The summed E-state index contributed by atoms with van der Waals surface area (Å²) in [6, 6.07) is 13.1. The third-order valence-corrected chi connectivity index (χ3v) is 6.26. The maximum absolute atomic E-state index is 13.3. The van der Waals surface area contributed by atoms with Crippen LogP contribution in [0.4, 0.5) is 4.39 Å². The SMILES string of the molecule is Fc1ccc(C2=NN3[C@H](C2)c2cc(Br)ccc2OC32CCCCC2)cc1. The number of hydrogen-bond donors (Lipinski definition) is 0. The molecule has 0 N–H and O–H groups in total. The second-order valence-corrected chi connectivity index (χ2v) is 8.32. The van der Waals surface area contributed by atoms with Crippen molar-refractivity contribution in [3.8, 4) is 5.75 Å². The fraction of sp³-hybridized carbons (Fsp3) is 0.381. The van der Waals surface area contributed by atoms with Gasteiger partial charge in [0.15, 0.2) is 5.72 Å². The highest BCUT2D eigenvalue weighted by Gasteiger charge is 2.50. The van der Waals surface area contributed by atoms with Gasteiger partial charge in [0.2, 0.25) is 0 Å². The van der Waals surface area contributed by atoms with Gasteiger partial charge in [0.1, 0.15) is 11.6 Å². The van der Waals surface area contributed by atoms with Gasteiger partial charge in [-0.25, -0.2) is 9.40 Å². The highest BCUT2D eigenvalue weighted by Crippen LogP contribution is 2.51. The Morgan fingerprint density at radius 3 is 2.62 bits per heavy atom. The van der Waals surface area contributed by atoms with Crippen molar-refractivity contribution in [1.82, 2.24) is 5.01 Å². The number of fused-ring (bicyclic) bond motifs is 4. The predicted octanol–water partition coefficient (Wildman–Crippen LogP) is 5.79. The highest BCUT2D eigenvalue weighted by atomic mass is 79.9. The summed E-state index contributed by atoms with van der Waals surface area (Å²) in [4.78, 5) is 0. The molecule has 0 radical (unpaired) electrons. The van der Waals surface area contributed by atoms with E-state index >= 15 is 0 Å². The number of halogens is 2. The van der Waals surface area contributed by atoms with Crippen LogP contribution in [0.1, 0.15) is 55.7 Å². The fourth-order valence-corrected chi connectivity index (χ4v) is 4.88. The molecule has 3 aliphatic rings. The molecule has 26 heavy (non-hydrogen) atoms. The van der Waals surface area contributed by atoms with E-state index in [1.165, 1.54) is 24.1 Å². The standard InChI is InChI=1S/C21H20BrFN2O/c22-15-6-9-20-17(12-15)19-13-18(14-4-7-16(23)8-5-14)24-25(19)21(26-20)10-2-1-3-11-21/h4-9,12,19H,1-3,10-11,13H2/t19-/m1/s1. The molecular formula is C21H20BrFN2O. The van der Waals surface area contributed by atoms with E-state index in [0.717, 1.165) is 53.6 Å². The number of rotatable bonds is 1. The highest BCUT2D eigenvalue weighted by molar-refractivity contribution is 9.10. The van der Waals surface area contributed by atoms with Gasteiger partial charge in [-0.15, -0.1) is 0 Å². The summed E-state index contributed by atoms with van der Waals surface area (Å²) in [5.74, 6) is 0.762. The number of nitrogens with zero attached hydrogens (tertiary/aromatic N) is 2. The van der Waals surface area contributed by atoms with E-state index in [-0.39, 0.29) is 17.6 Å². The molecular weight excluding hydrogens is 395 g/mol. The van der Waals surface area contributed by atoms with Crippen LogP contribution in [0.25, 0.3) is 0 Å². The van der Waals surface area contributed by atoms with Crippen molar-refractivity contribution in [3.05, 3.63) is 63.9 Å². The summed E-state index contributed by atoms with van der Waals surface area (Å²) in [6.07, 6.45) is 6.40. The first-order valence-corrected chi connectivity index (χ1v) is 10.1. The molecule has 0 bridgehead atoms. The van der Waals surface area contributed by atoms with Crippen LogP contribution in [-0.2, 0) is 0 Å². The van der Waals surface area contributed by atoms with Crippen LogP contribution < -0.4 is 4.74 Å². The normalized spacial score (nSPS) is 23.2. The Bertz CT molecular complexity index is 874. The van der Waals surface area contributed by atoms with Crippen LogP contribution in [0.5, 0.6) is 5.75 Å². The van der Waals surface area contributed by atoms with Crippen LogP contribution in [0.2, 0.25) is 0 Å². The smallest absolute Gasteiger partial charge is 0.198 e. The molecule has 2 heterocycles. The Labute approximate surface area is 161 Å². The fourth-order valence-electron chi connectivity index (χ4n) is 4.50. The minimum atomic E-state index is -0.342. The average molecular weight is 415 g/mol. The van der Waals surface area contributed by atoms with Crippen molar-refractivity contribution < 1.29 is 9.13 Å². The zero-order valence-corrected chi connectivity index (χ0v) is 16.0. The van der Waals surface area contributed by atoms with Gasteiger partial charge < -0.3 is 4.74 Å². The van der Waals surface area contributed by atoms with Crippen LogP contribution in [0.15, 0.2) is 52.0 Å². The molecule has 1 fully saturated rings. The van der Waals surface area contributed by atoms with Gasteiger partial charge in [0, 0.05) is 29.3 Å². The van der Waals surface area contributed by atoms with Crippen molar-refractivity contribution in [1.29, 1.82) is 0 Å². The van der Waals surface area contributed by atoms with Crippen molar-refractivity contribution >= 4 is 21.6 Å². The van der Waals surface area contributed by atoms with Gasteiger partial charge in [-0.2, -0.15) is 5.10 Å². The van der Waals surface area contributed by atoms with E-state index in [4.69, 9.17) is 9.84 Å². The zero-order valence-electron chi connectivity index (χ0n) is 14.4. The quantitative estimate of drug-likeness (QED) is 0.589. The van der Waals surface area contributed by atoms with Crippen molar-refractivity contribution in [2.75, 3.05) is 0 Å². The molecule has 0 amide bonds. The van der Waals surface area contributed by atoms with Crippen LogP contribution in [0.3, 0.4) is 0 Å². The second kappa shape index (κ2) is 6.08. The van der Waals surface area contributed by atoms with Crippen LogP contribution in [-0.4, -0.2) is 16.4 Å². The van der Waals surface area contributed by atoms with Gasteiger partial charge in [0.05, 0.1) is 11.8 Å². The van der Waals surface area contributed by atoms with Gasteiger partial charge in [-0.05, 0) is 48.7 Å². The topological polar surface area (TPSA) is 24.8 Å². The first-order chi connectivity index (χ1) is 12.6. The predicted molar refractivity (Wildman–Crippen MR) is 103 cm³/mol. The van der Waals surface area contributed by atoms with Gasteiger partial charge >= 0.3 is 0 Å². The third-order valence-electron chi connectivity index (χ3n) is 5.77. The maximum atomic E-state index is 13.3. The van der Waals surface area contributed by atoms with Crippen molar-refractivity contribution in [2.45, 2.75) is 50.3 Å². The monoisotopic (exact) mass is 414 g/mol. The Morgan fingerprint density at radius 1 is 1.08 bits per heavy atom. The van der Waals surface area contributed by atoms with E-state index < -0.39 is 0 Å². The summed E-state index contributed by atoms with van der Waals surface area (Å²) in [5, 5.41) is 7.21. The van der Waals surface area contributed by atoms with E-state index in [1.807, 2.05) is 18.2 Å². The molecule has 3 nitrogen and oxygen atoms in total. The summed E-state index contributed by atoms with van der Waals surface area (Å²) >= 11 is 3.59. The lowest BCUT2D eigenvalue weighted by Gasteiger charge is -2.49. The van der Waals surface area contributed by atoms with Gasteiger partial charge in [-0.3, -0.25) is 0 Å². The third kappa shape index (κ3) is 2.56. The largest absolute Gasteiger partial charge is 0.466 e. The average Bonchev–Trinajstić information content (AvgIpc) is 3.11. The number of benzene rings is 2. The van der Waals surface area contributed by atoms with E-state index in [2.05, 4.69) is 33.1 Å². The number of ether oxygens (including phenoxy) is 1. The van der Waals surface area contributed by atoms with Crippen molar-refractivity contribution in [3.63, 3.8) is 0 Å². The van der Waals surface area contributed by atoms with E-state index in [9.17, 15) is 4.39 Å². The Hall–Kier alpha value is -1.88. The Morgan fingerprint density at radius 2 is 1.85 bits per heavy atom. The maximum Gasteiger partial charge on any atom is 0.198 e. The summed E-state index contributed by atoms with van der Waals surface area (Å²) in [6.45, 7) is 0. The molecule has 0 unspecified atom stereocenters. The van der Waals surface area contributed by atoms with E-state index in [1.54, 1.807) is 0 Å². The Balaban J connectivity index is 1.60. The molecule has 1 spiro atoms. The zero-order chi connectivity index (χ0) is 17.7. The van der Waals surface area contributed by atoms with Crippen LogP contribution >= 0.6 is 15.9 Å². The molecule has 1 aliphatic carbocycles. The Kier molecular flexibility index (Phi) is 3.82. The molecule has 1 saturated carbocycles. The minimum Gasteiger partial charge on any atom is -0.466 e. The minimum absolute atomic E-state index is 0.175. The molecule has 134 valence electrons. The van der Waals surface area contributed by atoms with Crippen molar-refractivity contribution in [2.24, 2.45) is 5.10 Å². The molecule has 2 aromatic rings.